The monoisotopic (exact) mass is 403 g/mol. The van der Waals surface area contributed by atoms with Crippen molar-refractivity contribution in [3.63, 3.8) is 0 Å². The van der Waals surface area contributed by atoms with Gasteiger partial charge in [0.05, 0.1) is 29.7 Å². The van der Waals surface area contributed by atoms with E-state index in [9.17, 15) is 14.9 Å². The van der Waals surface area contributed by atoms with Crippen LogP contribution in [0.4, 0.5) is 11.4 Å². The number of amides is 1. The number of carbonyl (C=O) groups is 1. The van der Waals surface area contributed by atoms with Gasteiger partial charge in [-0.05, 0) is 47.5 Å². The van der Waals surface area contributed by atoms with E-state index < -0.39 is 10.8 Å². The molecule has 0 heterocycles. The molecule has 8 nitrogen and oxygen atoms in total. The fourth-order valence-corrected chi connectivity index (χ4v) is 2.71. The summed E-state index contributed by atoms with van der Waals surface area (Å²) < 4.78 is 10.4. The predicted molar refractivity (Wildman–Crippen MR) is 110 cm³/mol. The fraction of sp³-hybridized carbons (Fsp3) is 0.0909. The lowest BCUT2D eigenvalue weighted by Crippen LogP contribution is -2.20. The van der Waals surface area contributed by atoms with Crippen LogP contribution in [0.15, 0.2) is 66.7 Å². The Kier molecular flexibility index (Phi) is 6.25. The summed E-state index contributed by atoms with van der Waals surface area (Å²) in [5.41, 5.74) is 2.26. The highest BCUT2D eigenvalue weighted by atomic mass is 16.6. The summed E-state index contributed by atoms with van der Waals surface area (Å²) in [5, 5.41) is 22.5. The molecule has 0 radical (unpaired) electrons. The Morgan fingerprint density at radius 3 is 2.20 bits per heavy atom. The third kappa shape index (κ3) is 4.91. The Labute approximate surface area is 172 Å². The van der Waals surface area contributed by atoms with Crippen LogP contribution in [0.1, 0.15) is 5.56 Å². The van der Waals surface area contributed by atoms with Crippen LogP contribution in [0.3, 0.4) is 0 Å². The van der Waals surface area contributed by atoms with Gasteiger partial charge in [0, 0.05) is 0 Å². The summed E-state index contributed by atoms with van der Waals surface area (Å²) >= 11 is 0. The van der Waals surface area contributed by atoms with Gasteiger partial charge in [-0.3, -0.25) is 14.9 Å². The summed E-state index contributed by atoms with van der Waals surface area (Å²) in [4.78, 5) is 22.7. The maximum atomic E-state index is 12.1. The van der Waals surface area contributed by atoms with Crippen LogP contribution < -0.4 is 14.8 Å². The van der Waals surface area contributed by atoms with Crippen LogP contribution in [0.2, 0.25) is 0 Å². The third-order valence-electron chi connectivity index (χ3n) is 4.25. The van der Waals surface area contributed by atoms with E-state index >= 15 is 0 Å². The molecule has 0 saturated carbocycles. The maximum absolute atomic E-state index is 12.1. The molecule has 1 amide bonds. The molecular weight excluding hydrogens is 386 g/mol. The van der Waals surface area contributed by atoms with E-state index in [2.05, 4.69) is 11.4 Å². The summed E-state index contributed by atoms with van der Waals surface area (Å²) in [6.45, 7) is -0.306. The van der Waals surface area contributed by atoms with E-state index in [1.54, 1.807) is 24.3 Å². The second kappa shape index (κ2) is 9.21. The topological polar surface area (TPSA) is 114 Å². The van der Waals surface area contributed by atoms with Crippen molar-refractivity contribution in [3.05, 3.63) is 82.4 Å². The van der Waals surface area contributed by atoms with E-state index in [1.807, 2.05) is 24.3 Å². The summed E-state index contributed by atoms with van der Waals surface area (Å²) in [6.07, 6.45) is 0. The second-order valence-corrected chi connectivity index (χ2v) is 6.19. The SMILES string of the molecule is COc1ccc(NC(=O)COc2ccc(-c3ccc(C#N)cc3)cc2)c([N+](=O)[O-])c1. The molecule has 0 aromatic heterocycles. The van der Waals surface area contributed by atoms with Crippen molar-refractivity contribution in [1.29, 1.82) is 5.26 Å². The van der Waals surface area contributed by atoms with Crippen molar-refractivity contribution < 1.29 is 19.2 Å². The molecule has 0 unspecified atom stereocenters. The van der Waals surface area contributed by atoms with E-state index in [-0.39, 0.29) is 18.0 Å². The molecule has 0 bridgehead atoms. The highest BCUT2D eigenvalue weighted by molar-refractivity contribution is 5.94. The van der Waals surface area contributed by atoms with Crippen molar-refractivity contribution in [2.45, 2.75) is 0 Å². The Balaban J connectivity index is 1.61. The minimum absolute atomic E-state index is 0.0607. The van der Waals surface area contributed by atoms with Crippen molar-refractivity contribution >= 4 is 17.3 Å². The van der Waals surface area contributed by atoms with Gasteiger partial charge in [-0.15, -0.1) is 0 Å². The molecule has 0 spiro atoms. The molecule has 0 aliphatic rings. The van der Waals surface area contributed by atoms with E-state index in [0.29, 0.717) is 17.1 Å². The average Bonchev–Trinajstić information content (AvgIpc) is 2.78. The number of nitro groups is 1. The van der Waals surface area contributed by atoms with E-state index in [0.717, 1.165) is 11.1 Å². The highest BCUT2D eigenvalue weighted by Crippen LogP contribution is 2.29. The Morgan fingerprint density at radius 1 is 1.03 bits per heavy atom. The molecule has 0 aliphatic heterocycles. The molecule has 0 aliphatic carbocycles. The van der Waals surface area contributed by atoms with Crippen molar-refractivity contribution in [1.82, 2.24) is 0 Å². The third-order valence-corrected chi connectivity index (χ3v) is 4.25. The number of rotatable bonds is 7. The summed E-state index contributed by atoms with van der Waals surface area (Å²) in [6, 6.07) is 20.5. The van der Waals surface area contributed by atoms with Crippen LogP contribution in [0.5, 0.6) is 11.5 Å². The molecule has 0 fully saturated rings. The van der Waals surface area contributed by atoms with Crippen molar-refractivity contribution in [3.8, 4) is 28.7 Å². The molecule has 30 heavy (non-hydrogen) atoms. The van der Waals surface area contributed by atoms with Crippen LogP contribution in [0, 0.1) is 21.4 Å². The van der Waals surface area contributed by atoms with Crippen LogP contribution in [-0.4, -0.2) is 24.5 Å². The number of carbonyl (C=O) groups excluding carboxylic acids is 1. The maximum Gasteiger partial charge on any atom is 0.296 e. The zero-order chi connectivity index (χ0) is 21.5. The molecular formula is C22H17N3O5. The van der Waals surface area contributed by atoms with Gasteiger partial charge in [0.1, 0.15) is 17.2 Å². The first-order chi connectivity index (χ1) is 14.5. The second-order valence-electron chi connectivity index (χ2n) is 6.19. The summed E-state index contributed by atoms with van der Waals surface area (Å²) in [7, 11) is 1.40. The number of hydrogen-bond acceptors (Lipinski definition) is 6. The summed E-state index contributed by atoms with van der Waals surface area (Å²) in [5.74, 6) is 0.268. The lowest BCUT2D eigenvalue weighted by Gasteiger charge is -2.09. The van der Waals surface area contributed by atoms with E-state index in [1.165, 1.54) is 25.3 Å². The number of benzene rings is 3. The molecule has 150 valence electrons. The van der Waals surface area contributed by atoms with Crippen LogP contribution >= 0.6 is 0 Å². The zero-order valence-corrected chi connectivity index (χ0v) is 16.0. The van der Waals surface area contributed by atoms with Crippen molar-refractivity contribution in [2.24, 2.45) is 0 Å². The lowest BCUT2D eigenvalue weighted by molar-refractivity contribution is -0.384. The first-order valence-corrected chi connectivity index (χ1v) is 8.86. The molecule has 0 atom stereocenters. The lowest BCUT2D eigenvalue weighted by atomic mass is 10.0. The number of nitriles is 1. The molecule has 1 N–H and O–H groups in total. The number of nitro benzene ring substituents is 1. The Morgan fingerprint density at radius 2 is 1.63 bits per heavy atom. The first kappa shape index (κ1) is 20.4. The van der Waals surface area contributed by atoms with Crippen molar-refractivity contribution in [2.75, 3.05) is 19.0 Å². The van der Waals surface area contributed by atoms with Gasteiger partial charge in [0.15, 0.2) is 6.61 Å². The fourth-order valence-electron chi connectivity index (χ4n) is 2.71. The van der Waals surface area contributed by atoms with Crippen LogP contribution in [0.25, 0.3) is 11.1 Å². The van der Waals surface area contributed by atoms with E-state index in [4.69, 9.17) is 14.7 Å². The quantitative estimate of drug-likeness (QED) is 0.468. The number of nitrogens with one attached hydrogen (secondary N) is 1. The predicted octanol–water partition coefficient (Wildman–Crippen LogP) is 4.16. The largest absolute Gasteiger partial charge is 0.496 e. The number of methoxy groups -OCH3 is 1. The molecule has 3 rings (SSSR count). The highest BCUT2D eigenvalue weighted by Gasteiger charge is 2.17. The number of hydrogen-bond donors (Lipinski definition) is 1. The normalized spacial score (nSPS) is 10.0. The number of anilines is 1. The minimum atomic E-state index is -0.596. The Hall–Kier alpha value is -4.38. The number of nitrogens with zero attached hydrogens (tertiary/aromatic N) is 2. The molecule has 8 heteroatoms. The standard InChI is InChI=1S/C22H17N3O5/c1-29-19-10-11-20(21(12-19)25(27)28)24-22(26)14-30-18-8-6-17(7-9-18)16-4-2-15(13-23)3-5-16/h2-12H,14H2,1H3,(H,24,26). The zero-order valence-electron chi connectivity index (χ0n) is 16.0. The molecule has 0 saturated heterocycles. The smallest absolute Gasteiger partial charge is 0.296 e. The first-order valence-electron chi connectivity index (χ1n) is 8.86. The Bertz CT molecular complexity index is 1100. The van der Waals surface area contributed by atoms with Gasteiger partial charge in [-0.1, -0.05) is 24.3 Å². The van der Waals surface area contributed by atoms with Gasteiger partial charge in [-0.25, -0.2) is 0 Å². The van der Waals surface area contributed by atoms with Gasteiger partial charge in [0.2, 0.25) is 0 Å². The van der Waals surface area contributed by atoms with Gasteiger partial charge in [0.25, 0.3) is 11.6 Å². The van der Waals surface area contributed by atoms with Gasteiger partial charge in [-0.2, -0.15) is 5.26 Å². The van der Waals surface area contributed by atoms with Gasteiger partial charge < -0.3 is 14.8 Å². The minimum Gasteiger partial charge on any atom is -0.496 e. The number of ether oxygens (including phenoxy) is 2. The average molecular weight is 403 g/mol. The molecule has 3 aromatic carbocycles. The van der Waals surface area contributed by atoms with Crippen LogP contribution in [-0.2, 0) is 4.79 Å². The molecule has 3 aromatic rings. The van der Waals surface area contributed by atoms with Gasteiger partial charge >= 0.3 is 0 Å².